The number of hydrogen-bond donors (Lipinski definition) is 2. The van der Waals surface area contributed by atoms with Crippen LogP contribution in [0.1, 0.15) is 24.5 Å². The van der Waals surface area contributed by atoms with Crippen LogP contribution in [0.25, 0.3) is 12.2 Å². The molecule has 5 heteroatoms. The Hall–Kier alpha value is -3.21. The van der Waals surface area contributed by atoms with Crippen molar-refractivity contribution in [1.29, 1.82) is 0 Å². The van der Waals surface area contributed by atoms with Gasteiger partial charge in [0.1, 0.15) is 11.5 Å². The highest BCUT2D eigenvalue weighted by molar-refractivity contribution is 6.04. The molecule has 0 aliphatic heterocycles. The minimum absolute atomic E-state index is 0.104. The molecule has 2 N–H and O–H groups in total. The third kappa shape index (κ3) is 6.36. The Labute approximate surface area is 152 Å². The summed E-state index contributed by atoms with van der Waals surface area (Å²) in [7, 11) is 0. The molecule has 2 aromatic carbocycles. The van der Waals surface area contributed by atoms with Gasteiger partial charge in [0.15, 0.2) is 0 Å². The molecule has 0 heterocycles. The maximum atomic E-state index is 13.0. The summed E-state index contributed by atoms with van der Waals surface area (Å²) in [5.41, 5.74) is 1.59. The highest BCUT2D eigenvalue weighted by Gasteiger charge is 2.11. The first-order valence-corrected chi connectivity index (χ1v) is 8.38. The Morgan fingerprint density at radius 1 is 1.00 bits per heavy atom. The Balaban J connectivity index is 2.15. The molecular formula is C21H21FN2O2. The van der Waals surface area contributed by atoms with E-state index in [-0.39, 0.29) is 11.5 Å². The lowest BCUT2D eigenvalue weighted by Gasteiger charge is -2.09. The van der Waals surface area contributed by atoms with Crippen molar-refractivity contribution in [1.82, 2.24) is 10.6 Å². The largest absolute Gasteiger partial charge is 0.351 e. The van der Waals surface area contributed by atoms with Crippen LogP contribution < -0.4 is 10.6 Å². The van der Waals surface area contributed by atoms with E-state index in [0.717, 1.165) is 12.0 Å². The fourth-order valence-corrected chi connectivity index (χ4v) is 2.13. The highest BCUT2D eigenvalue weighted by Crippen LogP contribution is 2.08. The van der Waals surface area contributed by atoms with Crippen LogP contribution in [0.4, 0.5) is 4.39 Å². The molecule has 0 aliphatic carbocycles. The molecule has 0 saturated heterocycles. The number of rotatable bonds is 7. The Morgan fingerprint density at radius 3 is 2.35 bits per heavy atom. The molecule has 0 spiro atoms. The van der Waals surface area contributed by atoms with E-state index in [0.29, 0.717) is 12.1 Å². The standard InChI is InChI=1S/C21H21FN2O2/c1-2-14-23-21(26)19(15-17-8-11-18(22)12-9-17)24-20(25)13-10-16-6-4-3-5-7-16/h3-13,15H,2,14H2,1H3,(H,23,26)(H,24,25)/b13-10?,19-15-. The predicted molar refractivity (Wildman–Crippen MR) is 101 cm³/mol. The molecule has 0 aromatic heterocycles. The first kappa shape index (κ1) is 19.1. The molecule has 2 amide bonds. The van der Waals surface area contributed by atoms with Crippen LogP contribution in [0.2, 0.25) is 0 Å². The molecule has 0 unspecified atom stereocenters. The molecule has 0 bridgehead atoms. The SMILES string of the molecule is CCCNC(=O)/C(=C/c1ccc(F)cc1)NC(=O)C=Cc1ccccc1. The molecule has 0 saturated carbocycles. The van der Waals surface area contributed by atoms with Crippen molar-refractivity contribution in [3.63, 3.8) is 0 Å². The normalized spacial score (nSPS) is 11.4. The second kappa shape index (κ2) is 9.93. The number of nitrogens with one attached hydrogen (secondary N) is 2. The van der Waals surface area contributed by atoms with Gasteiger partial charge in [-0.1, -0.05) is 49.4 Å². The minimum Gasteiger partial charge on any atom is -0.351 e. The van der Waals surface area contributed by atoms with Crippen molar-refractivity contribution in [2.45, 2.75) is 13.3 Å². The summed E-state index contributed by atoms with van der Waals surface area (Å²) >= 11 is 0. The van der Waals surface area contributed by atoms with Crippen molar-refractivity contribution in [3.8, 4) is 0 Å². The highest BCUT2D eigenvalue weighted by atomic mass is 19.1. The number of hydrogen-bond acceptors (Lipinski definition) is 2. The fourth-order valence-electron chi connectivity index (χ4n) is 2.13. The van der Waals surface area contributed by atoms with Crippen molar-refractivity contribution in [2.75, 3.05) is 6.54 Å². The van der Waals surface area contributed by atoms with E-state index in [9.17, 15) is 14.0 Å². The molecule has 0 atom stereocenters. The van der Waals surface area contributed by atoms with Crippen LogP contribution >= 0.6 is 0 Å². The summed E-state index contributed by atoms with van der Waals surface area (Å²) in [5.74, 6) is -1.18. The topological polar surface area (TPSA) is 58.2 Å². The molecule has 2 rings (SSSR count). The van der Waals surface area contributed by atoms with Gasteiger partial charge in [-0.2, -0.15) is 0 Å². The average Bonchev–Trinajstić information content (AvgIpc) is 2.66. The molecule has 134 valence electrons. The number of amides is 2. The van der Waals surface area contributed by atoms with Gasteiger partial charge in [0.2, 0.25) is 5.91 Å². The Morgan fingerprint density at radius 2 is 1.69 bits per heavy atom. The van der Waals surface area contributed by atoms with Gasteiger partial charge in [0, 0.05) is 12.6 Å². The average molecular weight is 352 g/mol. The monoisotopic (exact) mass is 352 g/mol. The molecule has 0 fully saturated rings. The van der Waals surface area contributed by atoms with Crippen LogP contribution in [0.15, 0.2) is 66.4 Å². The molecule has 2 aromatic rings. The number of benzene rings is 2. The first-order valence-electron chi connectivity index (χ1n) is 8.38. The molecular weight excluding hydrogens is 331 g/mol. The lowest BCUT2D eigenvalue weighted by atomic mass is 10.1. The zero-order valence-corrected chi connectivity index (χ0v) is 14.5. The second-order valence-corrected chi connectivity index (χ2v) is 5.60. The van der Waals surface area contributed by atoms with Gasteiger partial charge in [0.05, 0.1) is 0 Å². The van der Waals surface area contributed by atoms with E-state index < -0.39 is 11.8 Å². The van der Waals surface area contributed by atoms with Gasteiger partial charge in [-0.3, -0.25) is 9.59 Å². The van der Waals surface area contributed by atoms with E-state index in [2.05, 4.69) is 10.6 Å². The lowest BCUT2D eigenvalue weighted by molar-refractivity contribution is -0.121. The summed E-state index contributed by atoms with van der Waals surface area (Å²) in [6.45, 7) is 2.43. The number of halogens is 1. The summed E-state index contributed by atoms with van der Waals surface area (Å²) in [4.78, 5) is 24.5. The van der Waals surface area contributed by atoms with E-state index in [4.69, 9.17) is 0 Å². The van der Waals surface area contributed by atoms with Crippen LogP contribution in [-0.4, -0.2) is 18.4 Å². The van der Waals surface area contributed by atoms with Gasteiger partial charge < -0.3 is 10.6 Å². The quantitative estimate of drug-likeness (QED) is 0.749. The Kier molecular flexibility index (Phi) is 7.31. The van der Waals surface area contributed by atoms with Crippen LogP contribution in [0.3, 0.4) is 0 Å². The minimum atomic E-state index is -0.422. The molecule has 26 heavy (non-hydrogen) atoms. The van der Waals surface area contributed by atoms with Crippen molar-refractivity contribution in [2.24, 2.45) is 0 Å². The maximum absolute atomic E-state index is 13.0. The summed E-state index contributed by atoms with van der Waals surface area (Å²) in [6.07, 6.45) is 5.31. The maximum Gasteiger partial charge on any atom is 0.267 e. The molecule has 0 radical (unpaired) electrons. The van der Waals surface area contributed by atoms with Crippen LogP contribution in [-0.2, 0) is 9.59 Å². The third-order valence-electron chi connectivity index (χ3n) is 3.45. The summed E-state index contributed by atoms with van der Waals surface area (Å²) < 4.78 is 13.0. The summed E-state index contributed by atoms with van der Waals surface area (Å²) in [5, 5.41) is 5.31. The van der Waals surface area contributed by atoms with Crippen LogP contribution in [0.5, 0.6) is 0 Å². The van der Waals surface area contributed by atoms with Crippen molar-refractivity contribution >= 4 is 24.0 Å². The molecule has 4 nitrogen and oxygen atoms in total. The summed E-state index contributed by atoms with van der Waals surface area (Å²) in [6, 6.07) is 15.0. The van der Waals surface area contributed by atoms with Crippen molar-refractivity contribution in [3.05, 3.63) is 83.3 Å². The van der Waals surface area contributed by atoms with E-state index in [1.54, 1.807) is 6.08 Å². The van der Waals surface area contributed by atoms with E-state index in [1.807, 2.05) is 37.3 Å². The van der Waals surface area contributed by atoms with Gasteiger partial charge in [-0.05, 0) is 41.8 Å². The van der Waals surface area contributed by atoms with Gasteiger partial charge in [-0.15, -0.1) is 0 Å². The number of carbonyl (C=O) groups excluding carboxylic acids is 2. The zero-order valence-electron chi connectivity index (χ0n) is 14.5. The lowest BCUT2D eigenvalue weighted by Crippen LogP contribution is -2.34. The Bertz CT molecular complexity index is 797. The van der Waals surface area contributed by atoms with Crippen molar-refractivity contribution < 1.29 is 14.0 Å². The van der Waals surface area contributed by atoms with E-state index >= 15 is 0 Å². The van der Waals surface area contributed by atoms with E-state index in [1.165, 1.54) is 36.4 Å². The van der Waals surface area contributed by atoms with Gasteiger partial charge in [-0.25, -0.2) is 4.39 Å². The smallest absolute Gasteiger partial charge is 0.267 e. The van der Waals surface area contributed by atoms with Crippen LogP contribution in [0, 0.1) is 5.82 Å². The van der Waals surface area contributed by atoms with Gasteiger partial charge >= 0.3 is 0 Å². The predicted octanol–water partition coefficient (Wildman–Crippen LogP) is 3.52. The zero-order chi connectivity index (χ0) is 18.8. The second-order valence-electron chi connectivity index (χ2n) is 5.60. The molecule has 0 aliphatic rings. The third-order valence-corrected chi connectivity index (χ3v) is 3.45. The number of carbonyl (C=O) groups is 2. The first-order chi connectivity index (χ1) is 12.6. The fraction of sp³-hybridized carbons (Fsp3) is 0.143. The van der Waals surface area contributed by atoms with Gasteiger partial charge in [0.25, 0.3) is 5.91 Å².